The van der Waals surface area contributed by atoms with E-state index in [1.807, 2.05) is 18.2 Å². The molecule has 2 fully saturated rings. The predicted molar refractivity (Wildman–Crippen MR) is 137 cm³/mol. The lowest BCUT2D eigenvalue weighted by atomic mass is 9.93. The molecule has 0 radical (unpaired) electrons. The van der Waals surface area contributed by atoms with Crippen molar-refractivity contribution < 1.29 is 9.47 Å². The van der Waals surface area contributed by atoms with Gasteiger partial charge in [-0.3, -0.25) is 14.1 Å². The van der Waals surface area contributed by atoms with Gasteiger partial charge in [0.25, 0.3) is 0 Å². The largest absolute Gasteiger partial charge is 0.474 e. The Morgan fingerprint density at radius 3 is 2.67 bits per heavy atom. The number of rotatable bonds is 5. The van der Waals surface area contributed by atoms with Gasteiger partial charge in [0, 0.05) is 45.5 Å². The highest BCUT2D eigenvalue weighted by atomic mass is 16.5. The van der Waals surface area contributed by atoms with Crippen LogP contribution in [0.15, 0.2) is 35.4 Å². The third kappa shape index (κ3) is 4.23. The standard InChI is InChI=1S/C25H30N8O3/c1-31-20-15-27-24(30-22(20)32(2)25(31)34)28-16-5-7-17(8-6-16)36-23-18-4-3-9-26-19(18)14-21(29-23)33-10-12-35-13-11-33/h3-4,9,14-17H,5-8,10-13H2,1-2H3,(H,27,28,30). The number of aromatic nitrogens is 6. The average molecular weight is 491 g/mol. The van der Waals surface area contributed by atoms with E-state index < -0.39 is 0 Å². The van der Waals surface area contributed by atoms with Crippen molar-refractivity contribution in [2.45, 2.75) is 37.8 Å². The fourth-order valence-electron chi connectivity index (χ4n) is 5.08. The molecule has 1 aliphatic heterocycles. The van der Waals surface area contributed by atoms with Gasteiger partial charge < -0.3 is 19.7 Å². The van der Waals surface area contributed by atoms with Crippen LogP contribution < -0.4 is 20.6 Å². The Labute approximate surface area is 208 Å². The molecule has 11 heteroatoms. The SMILES string of the molecule is Cn1c(=O)n(C)c2nc(NC3CCC(Oc4nc(N5CCOCC5)cc5ncccc45)CC3)ncc21. The maximum Gasteiger partial charge on any atom is 0.329 e. The highest BCUT2D eigenvalue weighted by molar-refractivity contribution is 5.85. The quantitative estimate of drug-likeness (QED) is 0.450. The van der Waals surface area contributed by atoms with Crippen LogP contribution in [0, 0.1) is 0 Å². The third-order valence-corrected chi connectivity index (χ3v) is 7.17. The summed E-state index contributed by atoms with van der Waals surface area (Å²) in [6.45, 7) is 3.03. The predicted octanol–water partition coefficient (Wildman–Crippen LogP) is 2.25. The minimum atomic E-state index is -0.108. The Morgan fingerprint density at radius 1 is 1.06 bits per heavy atom. The Balaban J connectivity index is 1.14. The lowest BCUT2D eigenvalue weighted by Crippen LogP contribution is -2.37. The monoisotopic (exact) mass is 490 g/mol. The molecule has 4 aromatic rings. The van der Waals surface area contributed by atoms with Crippen molar-refractivity contribution in [3.8, 4) is 5.88 Å². The molecule has 0 bridgehead atoms. The van der Waals surface area contributed by atoms with Crippen LogP contribution in [-0.4, -0.2) is 67.5 Å². The number of morpholine rings is 1. The topological polar surface area (TPSA) is 112 Å². The number of hydrogen-bond acceptors (Lipinski definition) is 9. The summed E-state index contributed by atoms with van der Waals surface area (Å²) in [5.74, 6) is 2.08. The molecular formula is C25H30N8O3. The molecule has 188 valence electrons. The Hall–Kier alpha value is -3.73. The van der Waals surface area contributed by atoms with Crippen LogP contribution in [0.4, 0.5) is 11.8 Å². The zero-order chi connectivity index (χ0) is 24.6. The summed E-state index contributed by atoms with van der Waals surface area (Å²) in [7, 11) is 3.46. The van der Waals surface area contributed by atoms with Crippen LogP contribution in [0.5, 0.6) is 5.88 Å². The summed E-state index contributed by atoms with van der Waals surface area (Å²) in [5, 5.41) is 4.38. The third-order valence-electron chi connectivity index (χ3n) is 7.17. The number of imidazole rings is 1. The first kappa shape index (κ1) is 22.7. The van der Waals surface area contributed by atoms with Crippen LogP contribution >= 0.6 is 0 Å². The second-order valence-electron chi connectivity index (χ2n) is 9.49. The number of nitrogens with zero attached hydrogens (tertiary/aromatic N) is 7. The van der Waals surface area contributed by atoms with Gasteiger partial charge in [-0.05, 0) is 37.8 Å². The van der Waals surface area contributed by atoms with E-state index in [9.17, 15) is 4.79 Å². The lowest BCUT2D eigenvalue weighted by molar-refractivity contribution is 0.122. The van der Waals surface area contributed by atoms with Crippen molar-refractivity contribution in [3.63, 3.8) is 0 Å². The minimum absolute atomic E-state index is 0.0808. The summed E-state index contributed by atoms with van der Waals surface area (Å²) < 4.78 is 15.1. The summed E-state index contributed by atoms with van der Waals surface area (Å²) in [5.41, 5.74) is 2.13. The van der Waals surface area contributed by atoms with E-state index in [4.69, 9.17) is 14.5 Å². The smallest absolute Gasteiger partial charge is 0.329 e. The fourth-order valence-corrected chi connectivity index (χ4v) is 5.08. The van der Waals surface area contributed by atoms with Gasteiger partial charge in [-0.25, -0.2) is 9.78 Å². The summed E-state index contributed by atoms with van der Waals surface area (Å²) >= 11 is 0. The van der Waals surface area contributed by atoms with Gasteiger partial charge in [0.2, 0.25) is 11.8 Å². The maximum absolute atomic E-state index is 12.2. The molecule has 2 aliphatic rings. The van der Waals surface area contributed by atoms with E-state index in [0.29, 0.717) is 30.7 Å². The summed E-state index contributed by atoms with van der Waals surface area (Å²) in [6, 6.07) is 6.22. The Morgan fingerprint density at radius 2 is 1.86 bits per heavy atom. The molecule has 11 nitrogen and oxygen atoms in total. The molecule has 0 unspecified atom stereocenters. The number of nitrogens with one attached hydrogen (secondary N) is 1. The van der Waals surface area contributed by atoms with Crippen molar-refractivity contribution in [1.82, 2.24) is 29.1 Å². The van der Waals surface area contributed by atoms with E-state index in [1.165, 1.54) is 0 Å². The van der Waals surface area contributed by atoms with Crippen molar-refractivity contribution >= 4 is 33.8 Å². The van der Waals surface area contributed by atoms with E-state index in [2.05, 4.69) is 25.2 Å². The fraction of sp³-hybridized carbons (Fsp3) is 0.480. The molecule has 5 heterocycles. The van der Waals surface area contributed by atoms with E-state index in [1.54, 1.807) is 35.6 Å². The van der Waals surface area contributed by atoms with Gasteiger partial charge in [0.15, 0.2) is 5.65 Å². The van der Waals surface area contributed by atoms with Crippen LogP contribution in [0.1, 0.15) is 25.7 Å². The van der Waals surface area contributed by atoms with Gasteiger partial charge in [-0.15, -0.1) is 0 Å². The van der Waals surface area contributed by atoms with Gasteiger partial charge in [-0.1, -0.05) is 0 Å². The molecular weight excluding hydrogens is 460 g/mol. The van der Waals surface area contributed by atoms with E-state index in [0.717, 1.165) is 61.0 Å². The molecule has 0 amide bonds. The first-order chi connectivity index (χ1) is 17.6. The Kier molecular flexibility index (Phi) is 5.92. The van der Waals surface area contributed by atoms with E-state index in [-0.39, 0.29) is 17.8 Å². The number of anilines is 2. The number of hydrogen-bond donors (Lipinski definition) is 1. The Bertz CT molecular complexity index is 1450. The second kappa shape index (κ2) is 9.38. The van der Waals surface area contributed by atoms with Crippen molar-refractivity contribution in [1.29, 1.82) is 0 Å². The molecule has 0 aromatic carbocycles. The van der Waals surface area contributed by atoms with Crippen LogP contribution in [0.3, 0.4) is 0 Å². The van der Waals surface area contributed by atoms with Crippen LogP contribution in [-0.2, 0) is 18.8 Å². The average Bonchev–Trinajstić information content (AvgIpc) is 3.13. The van der Waals surface area contributed by atoms with Gasteiger partial charge in [-0.2, -0.15) is 9.97 Å². The first-order valence-corrected chi connectivity index (χ1v) is 12.5. The number of fused-ring (bicyclic) bond motifs is 2. The molecule has 1 saturated carbocycles. The number of pyridine rings is 2. The highest BCUT2D eigenvalue weighted by Gasteiger charge is 2.25. The van der Waals surface area contributed by atoms with E-state index >= 15 is 0 Å². The van der Waals surface area contributed by atoms with Crippen molar-refractivity contribution in [3.05, 3.63) is 41.1 Å². The maximum atomic E-state index is 12.2. The summed E-state index contributed by atoms with van der Waals surface area (Å²) in [4.78, 5) is 32.9. The zero-order valence-corrected chi connectivity index (χ0v) is 20.6. The molecule has 4 aromatic heterocycles. The normalized spacial score (nSPS) is 20.7. The van der Waals surface area contributed by atoms with Crippen molar-refractivity contribution in [2.75, 3.05) is 36.5 Å². The van der Waals surface area contributed by atoms with Gasteiger partial charge in [0.05, 0.1) is 30.3 Å². The first-order valence-electron chi connectivity index (χ1n) is 12.5. The number of ether oxygens (including phenoxy) is 2. The minimum Gasteiger partial charge on any atom is -0.474 e. The van der Waals surface area contributed by atoms with Crippen molar-refractivity contribution in [2.24, 2.45) is 14.1 Å². The highest BCUT2D eigenvalue weighted by Crippen LogP contribution is 2.31. The van der Waals surface area contributed by atoms with Crippen LogP contribution in [0.25, 0.3) is 22.1 Å². The molecule has 36 heavy (non-hydrogen) atoms. The second-order valence-corrected chi connectivity index (χ2v) is 9.49. The molecule has 0 atom stereocenters. The molecule has 1 aliphatic carbocycles. The lowest BCUT2D eigenvalue weighted by Gasteiger charge is -2.31. The molecule has 1 saturated heterocycles. The molecule has 0 spiro atoms. The molecule has 1 N–H and O–H groups in total. The van der Waals surface area contributed by atoms with Gasteiger partial charge in [0.1, 0.15) is 17.4 Å². The number of aryl methyl sites for hydroxylation is 2. The van der Waals surface area contributed by atoms with Gasteiger partial charge >= 0.3 is 5.69 Å². The van der Waals surface area contributed by atoms with Crippen LogP contribution in [0.2, 0.25) is 0 Å². The zero-order valence-electron chi connectivity index (χ0n) is 20.6. The summed E-state index contributed by atoms with van der Waals surface area (Å²) in [6.07, 6.45) is 7.24. The molecule has 6 rings (SSSR count).